The topological polar surface area (TPSA) is 23.8 Å². The summed E-state index contributed by atoms with van der Waals surface area (Å²) < 4.78 is 0. The van der Waals surface area contributed by atoms with Crippen LogP contribution in [0.5, 0.6) is 0 Å². The molecule has 0 bridgehead atoms. The van der Waals surface area contributed by atoms with E-state index in [2.05, 4.69) is 32.1 Å². The standard InChI is InChI=1S/C12H17N/c1-3-4-10(2)12-7-5-11(9-13)6-8-12/h5-7,10,12H,3-4,8H2,1-2H3. The van der Waals surface area contributed by atoms with Gasteiger partial charge in [-0.1, -0.05) is 38.8 Å². The minimum atomic E-state index is 0.650. The van der Waals surface area contributed by atoms with Crippen molar-refractivity contribution in [1.29, 1.82) is 5.26 Å². The third kappa shape index (κ3) is 2.73. The summed E-state index contributed by atoms with van der Waals surface area (Å²) in [5.74, 6) is 1.40. The Bertz CT molecular complexity index is 255. The third-order valence-electron chi connectivity index (χ3n) is 2.74. The van der Waals surface area contributed by atoms with Crippen LogP contribution in [0.15, 0.2) is 23.8 Å². The Morgan fingerprint density at radius 2 is 2.46 bits per heavy atom. The third-order valence-corrected chi connectivity index (χ3v) is 2.74. The van der Waals surface area contributed by atoms with Gasteiger partial charge in [-0.05, 0) is 24.3 Å². The van der Waals surface area contributed by atoms with E-state index >= 15 is 0 Å². The largest absolute Gasteiger partial charge is 0.192 e. The second-order valence-electron chi connectivity index (χ2n) is 3.80. The molecule has 0 radical (unpaired) electrons. The predicted molar refractivity (Wildman–Crippen MR) is 55.0 cm³/mol. The molecule has 0 saturated carbocycles. The van der Waals surface area contributed by atoms with Gasteiger partial charge in [-0.2, -0.15) is 5.26 Å². The molecule has 0 aromatic heterocycles. The molecular weight excluding hydrogens is 158 g/mol. The van der Waals surface area contributed by atoms with E-state index in [0.29, 0.717) is 5.92 Å². The van der Waals surface area contributed by atoms with Crippen molar-refractivity contribution in [3.05, 3.63) is 23.8 Å². The molecule has 70 valence electrons. The summed E-state index contributed by atoms with van der Waals surface area (Å²) in [6.45, 7) is 4.52. The quantitative estimate of drug-likeness (QED) is 0.644. The van der Waals surface area contributed by atoms with Crippen LogP contribution in [0, 0.1) is 23.2 Å². The molecule has 1 rings (SSSR count). The Hall–Kier alpha value is -1.03. The van der Waals surface area contributed by atoms with Gasteiger partial charge in [-0.15, -0.1) is 0 Å². The van der Waals surface area contributed by atoms with Gasteiger partial charge in [0.25, 0.3) is 0 Å². The van der Waals surface area contributed by atoms with Gasteiger partial charge in [-0.3, -0.25) is 0 Å². The van der Waals surface area contributed by atoms with Gasteiger partial charge in [0, 0.05) is 5.57 Å². The maximum absolute atomic E-state index is 8.65. The molecule has 0 amide bonds. The summed E-state index contributed by atoms with van der Waals surface area (Å²) in [5, 5.41) is 8.65. The molecule has 1 nitrogen and oxygen atoms in total. The maximum atomic E-state index is 8.65. The van der Waals surface area contributed by atoms with E-state index in [1.54, 1.807) is 0 Å². The number of hydrogen-bond donors (Lipinski definition) is 0. The van der Waals surface area contributed by atoms with E-state index in [1.807, 2.05) is 6.08 Å². The number of allylic oxidation sites excluding steroid dienone is 4. The fourth-order valence-electron chi connectivity index (χ4n) is 1.81. The van der Waals surface area contributed by atoms with Gasteiger partial charge in [0.2, 0.25) is 0 Å². The summed E-state index contributed by atoms with van der Waals surface area (Å²) in [7, 11) is 0. The summed E-state index contributed by atoms with van der Waals surface area (Å²) in [6.07, 6.45) is 9.78. The molecule has 2 atom stereocenters. The highest BCUT2D eigenvalue weighted by atomic mass is 14.3. The van der Waals surface area contributed by atoms with E-state index in [0.717, 1.165) is 17.9 Å². The van der Waals surface area contributed by atoms with Crippen LogP contribution < -0.4 is 0 Å². The van der Waals surface area contributed by atoms with Crippen molar-refractivity contribution in [2.45, 2.75) is 33.1 Å². The number of nitriles is 1. The average Bonchev–Trinajstić information content (AvgIpc) is 2.18. The van der Waals surface area contributed by atoms with Crippen LogP contribution in [0.3, 0.4) is 0 Å². The molecule has 0 heterocycles. The monoisotopic (exact) mass is 175 g/mol. The molecule has 0 aromatic rings. The average molecular weight is 175 g/mol. The smallest absolute Gasteiger partial charge is 0.0988 e. The lowest BCUT2D eigenvalue weighted by molar-refractivity contribution is 0.397. The summed E-state index contributed by atoms with van der Waals surface area (Å²) in [4.78, 5) is 0. The van der Waals surface area contributed by atoms with Gasteiger partial charge < -0.3 is 0 Å². The van der Waals surface area contributed by atoms with Crippen molar-refractivity contribution < 1.29 is 0 Å². The van der Waals surface area contributed by atoms with Crippen molar-refractivity contribution in [1.82, 2.24) is 0 Å². The minimum absolute atomic E-state index is 0.650. The second-order valence-corrected chi connectivity index (χ2v) is 3.80. The minimum Gasteiger partial charge on any atom is -0.192 e. The van der Waals surface area contributed by atoms with Crippen molar-refractivity contribution in [2.24, 2.45) is 11.8 Å². The Morgan fingerprint density at radius 3 is 2.92 bits per heavy atom. The molecule has 0 aromatic carbocycles. The van der Waals surface area contributed by atoms with Gasteiger partial charge in [0.05, 0.1) is 6.07 Å². The van der Waals surface area contributed by atoms with Crippen LogP contribution in [0.4, 0.5) is 0 Å². The first-order valence-electron chi connectivity index (χ1n) is 5.06. The van der Waals surface area contributed by atoms with Crippen molar-refractivity contribution in [2.75, 3.05) is 0 Å². The molecule has 0 aliphatic heterocycles. The zero-order valence-electron chi connectivity index (χ0n) is 8.46. The fraction of sp³-hybridized carbons (Fsp3) is 0.583. The molecule has 0 N–H and O–H groups in total. The van der Waals surface area contributed by atoms with Gasteiger partial charge in [-0.25, -0.2) is 0 Å². The SMILES string of the molecule is CCCC(C)C1C=CC(C#N)=CC1. The van der Waals surface area contributed by atoms with Crippen LogP contribution in [0.2, 0.25) is 0 Å². The summed E-state index contributed by atoms with van der Waals surface area (Å²) in [5.41, 5.74) is 0.819. The Labute approximate surface area is 80.8 Å². The molecule has 1 aliphatic carbocycles. The first-order chi connectivity index (χ1) is 6.27. The lowest BCUT2D eigenvalue weighted by Gasteiger charge is -2.21. The van der Waals surface area contributed by atoms with E-state index in [-0.39, 0.29) is 0 Å². The zero-order chi connectivity index (χ0) is 9.68. The highest BCUT2D eigenvalue weighted by molar-refractivity contribution is 5.35. The van der Waals surface area contributed by atoms with Gasteiger partial charge in [0.15, 0.2) is 0 Å². The highest BCUT2D eigenvalue weighted by Crippen LogP contribution is 2.26. The maximum Gasteiger partial charge on any atom is 0.0988 e. The lowest BCUT2D eigenvalue weighted by Crippen LogP contribution is -2.10. The second kappa shape index (κ2) is 4.87. The Balaban J connectivity index is 2.48. The lowest BCUT2D eigenvalue weighted by atomic mass is 9.84. The van der Waals surface area contributed by atoms with Crippen LogP contribution in [0.25, 0.3) is 0 Å². The Kier molecular flexibility index (Phi) is 3.76. The number of hydrogen-bond acceptors (Lipinski definition) is 1. The fourth-order valence-corrected chi connectivity index (χ4v) is 1.81. The molecule has 0 spiro atoms. The van der Waals surface area contributed by atoms with Crippen molar-refractivity contribution in [3.8, 4) is 6.07 Å². The Morgan fingerprint density at radius 1 is 1.69 bits per heavy atom. The number of rotatable bonds is 3. The van der Waals surface area contributed by atoms with Gasteiger partial charge >= 0.3 is 0 Å². The van der Waals surface area contributed by atoms with Crippen LogP contribution in [0.1, 0.15) is 33.1 Å². The highest BCUT2D eigenvalue weighted by Gasteiger charge is 2.14. The van der Waals surface area contributed by atoms with Gasteiger partial charge in [0.1, 0.15) is 0 Å². The van der Waals surface area contributed by atoms with Crippen molar-refractivity contribution in [3.63, 3.8) is 0 Å². The molecule has 0 saturated heterocycles. The first-order valence-corrected chi connectivity index (χ1v) is 5.06. The number of nitrogens with zero attached hydrogens (tertiary/aromatic N) is 1. The molecule has 0 fully saturated rings. The predicted octanol–water partition coefficient (Wildman–Crippen LogP) is 3.45. The van der Waals surface area contributed by atoms with Crippen LogP contribution >= 0.6 is 0 Å². The first kappa shape index (κ1) is 10.1. The van der Waals surface area contributed by atoms with E-state index in [1.165, 1.54) is 12.8 Å². The molecule has 13 heavy (non-hydrogen) atoms. The summed E-state index contributed by atoms with van der Waals surface area (Å²) in [6, 6.07) is 2.17. The van der Waals surface area contributed by atoms with Crippen LogP contribution in [-0.2, 0) is 0 Å². The summed E-state index contributed by atoms with van der Waals surface area (Å²) >= 11 is 0. The normalized spacial score (nSPS) is 23.5. The molecule has 2 unspecified atom stereocenters. The van der Waals surface area contributed by atoms with E-state index < -0.39 is 0 Å². The van der Waals surface area contributed by atoms with E-state index in [9.17, 15) is 0 Å². The van der Waals surface area contributed by atoms with E-state index in [4.69, 9.17) is 5.26 Å². The molecule has 1 heteroatoms. The zero-order valence-corrected chi connectivity index (χ0v) is 8.46. The molecular formula is C12H17N. The van der Waals surface area contributed by atoms with Crippen LogP contribution in [-0.4, -0.2) is 0 Å². The van der Waals surface area contributed by atoms with Crippen molar-refractivity contribution >= 4 is 0 Å². The molecule has 1 aliphatic rings.